The van der Waals surface area contributed by atoms with E-state index in [9.17, 15) is 0 Å². The summed E-state index contributed by atoms with van der Waals surface area (Å²) in [6.45, 7) is 4.82. The molecule has 1 N–H and O–H groups in total. The van der Waals surface area contributed by atoms with E-state index in [1.165, 1.54) is 0 Å². The van der Waals surface area contributed by atoms with Crippen LogP contribution in [0.1, 0.15) is 19.4 Å². The van der Waals surface area contributed by atoms with E-state index in [1.807, 2.05) is 19.1 Å². The van der Waals surface area contributed by atoms with Crippen molar-refractivity contribution >= 4 is 23.2 Å². The van der Waals surface area contributed by atoms with Crippen molar-refractivity contribution < 1.29 is 4.74 Å². The Bertz CT molecular complexity index is 344. The summed E-state index contributed by atoms with van der Waals surface area (Å²) in [4.78, 5) is 0. The van der Waals surface area contributed by atoms with Crippen LogP contribution >= 0.6 is 23.2 Å². The first-order valence-electron chi connectivity index (χ1n) is 5.24. The number of benzene rings is 1. The lowest BCUT2D eigenvalue weighted by atomic mass is 10.1. The Labute approximate surface area is 107 Å². The lowest BCUT2D eigenvalue weighted by molar-refractivity contribution is 0.0882. The van der Waals surface area contributed by atoms with Gasteiger partial charge < -0.3 is 10.1 Å². The number of hydrogen-bond acceptors (Lipinski definition) is 2. The van der Waals surface area contributed by atoms with Crippen LogP contribution in [0.2, 0.25) is 10.0 Å². The zero-order valence-electron chi connectivity index (χ0n) is 9.76. The smallest absolute Gasteiger partial charge is 0.0693 e. The van der Waals surface area contributed by atoms with Crippen molar-refractivity contribution in [1.82, 2.24) is 5.32 Å². The maximum Gasteiger partial charge on any atom is 0.0693 e. The minimum Gasteiger partial charge on any atom is -0.380 e. The summed E-state index contributed by atoms with van der Waals surface area (Å²) >= 11 is 11.9. The van der Waals surface area contributed by atoms with Crippen molar-refractivity contribution in [3.8, 4) is 0 Å². The highest BCUT2D eigenvalue weighted by Crippen LogP contribution is 2.20. The highest BCUT2D eigenvalue weighted by atomic mass is 35.5. The van der Waals surface area contributed by atoms with Gasteiger partial charge in [0.05, 0.1) is 6.10 Å². The van der Waals surface area contributed by atoms with Crippen molar-refractivity contribution in [3.63, 3.8) is 0 Å². The average Bonchev–Trinajstić information content (AvgIpc) is 2.26. The van der Waals surface area contributed by atoms with Crippen molar-refractivity contribution in [2.45, 2.75) is 32.5 Å². The van der Waals surface area contributed by atoms with Crippen LogP contribution in [-0.4, -0.2) is 19.3 Å². The van der Waals surface area contributed by atoms with Crippen LogP contribution in [0.3, 0.4) is 0 Å². The van der Waals surface area contributed by atoms with E-state index < -0.39 is 0 Å². The third kappa shape index (κ3) is 3.95. The molecule has 2 nitrogen and oxygen atoms in total. The van der Waals surface area contributed by atoms with Crippen molar-refractivity contribution in [2.75, 3.05) is 7.11 Å². The Balaban J connectivity index is 2.54. The quantitative estimate of drug-likeness (QED) is 0.876. The van der Waals surface area contributed by atoms with E-state index in [2.05, 4.69) is 12.2 Å². The topological polar surface area (TPSA) is 21.3 Å². The van der Waals surface area contributed by atoms with E-state index in [4.69, 9.17) is 27.9 Å². The van der Waals surface area contributed by atoms with Crippen LogP contribution in [0.5, 0.6) is 0 Å². The first-order valence-corrected chi connectivity index (χ1v) is 6.00. The van der Waals surface area contributed by atoms with Gasteiger partial charge in [0, 0.05) is 29.7 Å². The molecular weight excluding hydrogens is 245 g/mol. The molecule has 4 heteroatoms. The van der Waals surface area contributed by atoms with Gasteiger partial charge in [0.2, 0.25) is 0 Å². The fourth-order valence-electron chi connectivity index (χ4n) is 1.31. The van der Waals surface area contributed by atoms with Crippen LogP contribution in [0, 0.1) is 0 Å². The number of halogens is 2. The number of ether oxygens (including phenoxy) is 1. The van der Waals surface area contributed by atoms with E-state index in [1.54, 1.807) is 13.2 Å². The second-order valence-electron chi connectivity index (χ2n) is 3.85. The van der Waals surface area contributed by atoms with Gasteiger partial charge >= 0.3 is 0 Å². The lowest BCUT2D eigenvalue weighted by Gasteiger charge is -2.20. The Hall–Kier alpha value is -0.280. The van der Waals surface area contributed by atoms with Crippen molar-refractivity contribution in [3.05, 3.63) is 33.8 Å². The van der Waals surface area contributed by atoms with Gasteiger partial charge in [-0.3, -0.25) is 0 Å². The largest absolute Gasteiger partial charge is 0.380 e. The fourth-order valence-corrected chi connectivity index (χ4v) is 1.78. The number of nitrogens with one attached hydrogen (secondary N) is 1. The van der Waals surface area contributed by atoms with Crippen LogP contribution in [0.15, 0.2) is 18.2 Å². The van der Waals surface area contributed by atoms with Crippen LogP contribution in [0.4, 0.5) is 0 Å². The third-order valence-corrected chi connectivity index (χ3v) is 3.29. The monoisotopic (exact) mass is 261 g/mol. The molecule has 0 radical (unpaired) electrons. The standard InChI is InChI=1S/C12H17Cl2NO/c1-8(9(2)16-3)15-7-10-4-5-11(13)6-12(10)14/h4-6,8-9,15H,7H2,1-3H3. The molecule has 0 aliphatic heterocycles. The Morgan fingerprint density at radius 2 is 2.00 bits per heavy atom. The maximum atomic E-state index is 6.07. The van der Waals surface area contributed by atoms with E-state index >= 15 is 0 Å². The minimum atomic E-state index is 0.172. The van der Waals surface area contributed by atoms with Gasteiger partial charge in [0.25, 0.3) is 0 Å². The molecule has 0 bridgehead atoms. The number of hydrogen-bond donors (Lipinski definition) is 1. The van der Waals surface area contributed by atoms with Gasteiger partial charge in [-0.05, 0) is 31.5 Å². The molecule has 0 amide bonds. The summed E-state index contributed by atoms with van der Waals surface area (Å²) in [6, 6.07) is 5.80. The van der Waals surface area contributed by atoms with Gasteiger partial charge in [-0.2, -0.15) is 0 Å². The molecule has 0 fully saturated rings. The second kappa shape index (κ2) is 6.45. The molecule has 2 unspecified atom stereocenters. The summed E-state index contributed by atoms with van der Waals surface area (Å²) in [5.74, 6) is 0. The molecular formula is C12H17Cl2NO. The Morgan fingerprint density at radius 1 is 1.31 bits per heavy atom. The normalized spacial score (nSPS) is 14.8. The maximum absolute atomic E-state index is 6.07. The molecule has 0 aliphatic carbocycles. The van der Waals surface area contributed by atoms with Gasteiger partial charge in [-0.1, -0.05) is 29.3 Å². The van der Waals surface area contributed by atoms with Crippen LogP contribution in [-0.2, 0) is 11.3 Å². The summed E-state index contributed by atoms with van der Waals surface area (Å²) in [7, 11) is 1.71. The molecule has 1 aromatic rings. The van der Waals surface area contributed by atoms with E-state index in [0.29, 0.717) is 16.6 Å². The SMILES string of the molecule is COC(C)C(C)NCc1ccc(Cl)cc1Cl. The number of methoxy groups -OCH3 is 1. The zero-order chi connectivity index (χ0) is 12.1. The van der Waals surface area contributed by atoms with Crippen LogP contribution in [0.25, 0.3) is 0 Å². The molecule has 1 aromatic carbocycles. The molecule has 0 aliphatic rings. The first kappa shape index (κ1) is 13.8. The summed E-state index contributed by atoms with van der Waals surface area (Å²) < 4.78 is 5.23. The predicted octanol–water partition coefficient (Wildman–Crippen LogP) is 3.51. The van der Waals surface area contributed by atoms with Crippen LogP contribution < -0.4 is 5.32 Å². The van der Waals surface area contributed by atoms with E-state index in [0.717, 1.165) is 5.56 Å². The molecule has 0 aromatic heterocycles. The first-order chi connectivity index (χ1) is 7.54. The van der Waals surface area contributed by atoms with Gasteiger partial charge in [0.1, 0.15) is 0 Å². The van der Waals surface area contributed by atoms with E-state index in [-0.39, 0.29) is 12.1 Å². The molecule has 0 heterocycles. The molecule has 1 rings (SSSR count). The van der Waals surface area contributed by atoms with Gasteiger partial charge in [-0.25, -0.2) is 0 Å². The fraction of sp³-hybridized carbons (Fsp3) is 0.500. The molecule has 16 heavy (non-hydrogen) atoms. The molecule has 0 saturated carbocycles. The van der Waals surface area contributed by atoms with Gasteiger partial charge in [-0.15, -0.1) is 0 Å². The number of rotatable bonds is 5. The van der Waals surface area contributed by atoms with Crippen molar-refractivity contribution in [1.29, 1.82) is 0 Å². The minimum absolute atomic E-state index is 0.172. The molecule has 90 valence electrons. The lowest BCUT2D eigenvalue weighted by Crippen LogP contribution is -2.36. The highest BCUT2D eigenvalue weighted by Gasteiger charge is 2.10. The Kier molecular flexibility index (Phi) is 5.56. The highest BCUT2D eigenvalue weighted by molar-refractivity contribution is 6.35. The second-order valence-corrected chi connectivity index (χ2v) is 4.69. The third-order valence-electron chi connectivity index (χ3n) is 2.71. The summed E-state index contributed by atoms with van der Waals surface area (Å²) in [5, 5.41) is 4.71. The average molecular weight is 262 g/mol. The zero-order valence-corrected chi connectivity index (χ0v) is 11.3. The Morgan fingerprint density at radius 3 is 2.56 bits per heavy atom. The summed E-state index contributed by atoms with van der Waals surface area (Å²) in [6.07, 6.45) is 0.172. The molecule has 2 atom stereocenters. The van der Waals surface area contributed by atoms with Crippen molar-refractivity contribution in [2.24, 2.45) is 0 Å². The summed E-state index contributed by atoms with van der Waals surface area (Å²) in [5.41, 5.74) is 1.04. The molecule has 0 saturated heterocycles. The van der Waals surface area contributed by atoms with Gasteiger partial charge in [0.15, 0.2) is 0 Å². The molecule has 0 spiro atoms. The predicted molar refractivity (Wildman–Crippen MR) is 69.2 cm³/mol.